The molecule has 73 valence electrons. The van der Waals surface area contributed by atoms with Crippen molar-refractivity contribution in [2.45, 2.75) is 12.8 Å². The Kier molecular flexibility index (Phi) is 7.99. The Labute approximate surface area is 99.7 Å². The third-order valence-corrected chi connectivity index (χ3v) is 2.16. The molecule has 0 fully saturated rings. The van der Waals surface area contributed by atoms with E-state index < -0.39 is 0 Å². The van der Waals surface area contributed by atoms with Crippen molar-refractivity contribution in [3.05, 3.63) is 42.8 Å². The van der Waals surface area contributed by atoms with Crippen molar-refractivity contribution in [2.75, 3.05) is 20.1 Å². The van der Waals surface area contributed by atoms with Crippen molar-refractivity contribution in [2.24, 2.45) is 0 Å². The Morgan fingerprint density at radius 2 is 1.79 bits per heavy atom. The Hall–Kier alpha value is -0.223. The van der Waals surface area contributed by atoms with Crippen LogP contribution in [0.1, 0.15) is 12.0 Å². The molecular formula is C12H19LiN. The van der Waals surface area contributed by atoms with Crippen molar-refractivity contribution < 1.29 is 0 Å². The van der Waals surface area contributed by atoms with E-state index in [0.717, 1.165) is 25.9 Å². The number of likely N-dealkylation sites (N-methyl/N-ethyl adjacent to an activating group) is 1. The van der Waals surface area contributed by atoms with E-state index in [1.165, 1.54) is 5.56 Å². The van der Waals surface area contributed by atoms with Crippen LogP contribution in [0.2, 0.25) is 0 Å². The summed E-state index contributed by atoms with van der Waals surface area (Å²) in [6.45, 7) is 6.05. The zero-order valence-electron chi connectivity index (χ0n) is 8.37. The average Bonchev–Trinajstić information content (AvgIpc) is 2.17. The first-order valence-corrected chi connectivity index (χ1v) is 4.84. The van der Waals surface area contributed by atoms with Crippen molar-refractivity contribution in [3.63, 3.8) is 0 Å². The van der Waals surface area contributed by atoms with Crippen LogP contribution >= 0.6 is 0 Å². The molecule has 0 aliphatic rings. The molecule has 0 saturated heterocycles. The average molecular weight is 184 g/mol. The van der Waals surface area contributed by atoms with Crippen LogP contribution in [0.15, 0.2) is 30.3 Å². The summed E-state index contributed by atoms with van der Waals surface area (Å²) in [5.41, 5.74) is 1.42. The van der Waals surface area contributed by atoms with Gasteiger partial charge in [-0.25, -0.2) is 0 Å². The molecule has 0 aliphatic carbocycles. The van der Waals surface area contributed by atoms with E-state index in [9.17, 15) is 0 Å². The number of rotatable bonds is 5. The predicted octanol–water partition coefficient (Wildman–Crippen LogP) is 1.74. The summed E-state index contributed by atoms with van der Waals surface area (Å²) in [5, 5.41) is 0. The minimum absolute atomic E-state index is 0. The summed E-state index contributed by atoms with van der Waals surface area (Å²) >= 11 is 0. The van der Waals surface area contributed by atoms with Crippen LogP contribution in [0.5, 0.6) is 0 Å². The molecule has 1 rings (SSSR count). The van der Waals surface area contributed by atoms with E-state index in [2.05, 4.69) is 49.2 Å². The second kappa shape index (κ2) is 8.12. The fourth-order valence-corrected chi connectivity index (χ4v) is 1.35. The van der Waals surface area contributed by atoms with Gasteiger partial charge in [0.2, 0.25) is 0 Å². The third-order valence-electron chi connectivity index (χ3n) is 2.16. The quantitative estimate of drug-likeness (QED) is 0.630. The molecule has 0 heterocycles. The SMILES string of the molecule is [CH2]CCN(C)CCc1ccccc1.[LiH]. The van der Waals surface area contributed by atoms with Gasteiger partial charge in [0.25, 0.3) is 0 Å². The first-order valence-electron chi connectivity index (χ1n) is 4.84. The Morgan fingerprint density at radius 3 is 2.36 bits per heavy atom. The zero-order valence-corrected chi connectivity index (χ0v) is 8.37. The molecule has 1 aromatic rings. The van der Waals surface area contributed by atoms with Crippen LogP contribution in [0.4, 0.5) is 0 Å². The molecule has 2 heteroatoms. The fraction of sp³-hybridized carbons (Fsp3) is 0.417. The zero-order chi connectivity index (χ0) is 9.52. The van der Waals surface area contributed by atoms with E-state index in [1.54, 1.807) is 0 Å². The van der Waals surface area contributed by atoms with Gasteiger partial charge in [0, 0.05) is 6.54 Å². The Morgan fingerprint density at radius 1 is 1.14 bits per heavy atom. The standard InChI is InChI=1S/C12H18N.Li.H/c1-3-10-13(2)11-9-12-7-5-4-6-8-12;;/h4-8H,1,3,9-11H2,2H3;;. The van der Waals surface area contributed by atoms with Crippen molar-refractivity contribution >= 4 is 18.9 Å². The molecule has 1 aromatic carbocycles. The van der Waals surface area contributed by atoms with Gasteiger partial charge in [0.1, 0.15) is 0 Å². The number of hydrogen-bond acceptors (Lipinski definition) is 1. The van der Waals surface area contributed by atoms with Crippen molar-refractivity contribution in [1.29, 1.82) is 0 Å². The summed E-state index contributed by atoms with van der Waals surface area (Å²) < 4.78 is 0. The topological polar surface area (TPSA) is 3.24 Å². The van der Waals surface area contributed by atoms with Gasteiger partial charge in [0.15, 0.2) is 0 Å². The van der Waals surface area contributed by atoms with E-state index in [-0.39, 0.29) is 18.9 Å². The van der Waals surface area contributed by atoms with Gasteiger partial charge in [-0.15, -0.1) is 0 Å². The molecule has 14 heavy (non-hydrogen) atoms. The second-order valence-corrected chi connectivity index (χ2v) is 3.39. The molecule has 0 N–H and O–H groups in total. The molecule has 0 spiro atoms. The van der Waals surface area contributed by atoms with Crippen LogP contribution in [0.3, 0.4) is 0 Å². The van der Waals surface area contributed by atoms with Crippen LogP contribution in [-0.2, 0) is 6.42 Å². The number of nitrogens with zero attached hydrogens (tertiary/aromatic N) is 1. The van der Waals surface area contributed by atoms with E-state index in [1.807, 2.05) is 0 Å². The molecule has 0 aliphatic heterocycles. The molecular weight excluding hydrogens is 165 g/mol. The van der Waals surface area contributed by atoms with Gasteiger partial charge in [-0.1, -0.05) is 37.3 Å². The van der Waals surface area contributed by atoms with Gasteiger partial charge in [-0.3, -0.25) is 0 Å². The molecule has 0 atom stereocenters. The summed E-state index contributed by atoms with van der Waals surface area (Å²) in [6, 6.07) is 10.6. The minimum atomic E-state index is 0. The van der Waals surface area contributed by atoms with E-state index >= 15 is 0 Å². The summed E-state index contributed by atoms with van der Waals surface area (Å²) in [6.07, 6.45) is 2.13. The molecule has 0 amide bonds. The predicted molar refractivity (Wildman–Crippen MR) is 64.8 cm³/mol. The normalized spacial score (nSPS) is 9.93. The molecule has 0 aromatic heterocycles. The van der Waals surface area contributed by atoms with Crippen molar-refractivity contribution in [3.8, 4) is 0 Å². The third kappa shape index (κ3) is 5.50. The van der Waals surface area contributed by atoms with E-state index in [0.29, 0.717) is 0 Å². The van der Waals surface area contributed by atoms with Crippen LogP contribution < -0.4 is 0 Å². The monoisotopic (exact) mass is 184 g/mol. The fourth-order valence-electron chi connectivity index (χ4n) is 1.35. The van der Waals surface area contributed by atoms with Crippen LogP contribution in [-0.4, -0.2) is 43.9 Å². The molecule has 0 bridgehead atoms. The second-order valence-electron chi connectivity index (χ2n) is 3.39. The molecule has 1 nitrogen and oxygen atoms in total. The van der Waals surface area contributed by atoms with Crippen LogP contribution in [0, 0.1) is 6.92 Å². The van der Waals surface area contributed by atoms with Gasteiger partial charge < -0.3 is 4.90 Å². The molecule has 1 radical (unpaired) electrons. The van der Waals surface area contributed by atoms with E-state index in [4.69, 9.17) is 0 Å². The molecule has 0 saturated carbocycles. The van der Waals surface area contributed by atoms with Gasteiger partial charge in [-0.2, -0.15) is 0 Å². The number of hydrogen-bond donors (Lipinski definition) is 0. The summed E-state index contributed by atoms with van der Waals surface area (Å²) in [7, 11) is 2.15. The Balaban J connectivity index is 0.00000169. The van der Waals surface area contributed by atoms with Gasteiger partial charge >= 0.3 is 18.9 Å². The summed E-state index contributed by atoms with van der Waals surface area (Å²) in [5.74, 6) is 0. The van der Waals surface area contributed by atoms with Gasteiger partial charge in [-0.05, 0) is 32.0 Å². The van der Waals surface area contributed by atoms with Crippen molar-refractivity contribution in [1.82, 2.24) is 4.90 Å². The van der Waals surface area contributed by atoms with Gasteiger partial charge in [0.05, 0.1) is 0 Å². The Bertz CT molecular complexity index is 223. The molecule has 0 unspecified atom stereocenters. The maximum atomic E-state index is 3.84. The van der Waals surface area contributed by atoms with Crippen LogP contribution in [0.25, 0.3) is 0 Å². The summed E-state index contributed by atoms with van der Waals surface area (Å²) in [4.78, 5) is 2.32. The maximum absolute atomic E-state index is 3.84. The first kappa shape index (κ1) is 13.8. The number of benzene rings is 1. The first-order chi connectivity index (χ1) is 6.33.